The normalized spacial score (nSPS) is 25.1. The maximum absolute atomic E-state index is 13.5. The van der Waals surface area contributed by atoms with E-state index >= 15 is 0 Å². The highest BCUT2D eigenvalue weighted by atomic mass is 35.5. The Morgan fingerprint density at radius 1 is 1.30 bits per heavy atom. The number of cyclic esters (lactones) is 1. The average molecular weight is 413 g/mol. The summed E-state index contributed by atoms with van der Waals surface area (Å²) < 4.78 is 71.8. The number of ether oxygens (including phenoxy) is 1. The number of halogens is 6. The molecule has 2 fully saturated rings. The molecule has 0 radical (unpaired) electrons. The lowest BCUT2D eigenvalue weighted by atomic mass is 9.99. The van der Waals surface area contributed by atoms with Crippen molar-refractivity contribution in [3.63, 3.8) is 0 Å². The summed E-state index contributed by atoms with van der Waals surface area (Å²) in [5.74, 6) is -3.00. The second kappa shape index (κ2) is 6.50. The van der Waals surface area contributed by atoms with Crippen LogP contribution in [-0.4, -0.2) is 41.4 Å². The van der Waals surface area contributed by atoms with E-state index in [-0.39, 0.29) is 17.8 Å². The third-order valence-corrected chi connectivity index (χ3v) is 4.77. The molecule has 0 spiro atoms. The van der Waals surface area contributed by atoms with Crippen LogP contribution in [0.2, 0.25) is 0 Å². The van der Waals surface area contributed by atoms with Crippen LogP contribution in [0.15, 0.2) is 18.2 Å². The number of benzene rings is 1. The minimum absolute atomic E-state index is 0.0590. The van der Waals surface area contributed by atoms with Crippen molar-refractivity contribution in [2.75, 3.05) is 18.0 Å². The summed E-state index contributed by atoms with van der Waals surface area (Å²) >= 11 is 5.31. The monoisotopic (exact) mass is 412 g/mol. The molecule has 2 saturated heterocycles. The molecule has 0 bridgehead atoms. The van der Waals surface area contributed by atoms with Crippen LogP contribution >= 0.6 is 11.6 Å². The summed E-state index contributed by atoms with van der Waals surface area (Å²) in [6.07, 6.45) is -7.49. The fraction of sp³-hybridized carbons (Fsp3) is 0.500. The number of carbonyl (C=O) groups excluding carboxylic acids is 2. The van der Waals surface area contributed by atoms with Crippen molar-refractivity contribution in [3.8, 4) is 0 Å². The predicted molar refractivity (Wildman–Crippen MR) is 85.0 cm³/mol. The molecule has 0 aliphatic carbocycles. The van der Waals surface area contributed by atoms with Gasteiger partial charge in [-0.05, 0) is 42.3 Å². The van der Waals surface area contributed by atoms with E-state index in [0.29, 0.717) is 4.90 Å². The largest absolute Gasteiger partial charge is 0.439 e. The Balaban J connectivity index is 2.02. The van der Waals surface area contributed by atoms with Crippen LogP contribution in [0.25, 0.3) is 0 Å². The molecular formula is C16H14ClF5N2O3. The first-order valence-electron chi connectivity index (χ1n) is 7.93. The minimum Gasteiger partial charge on any atom is -0.439 e. The van der Waals surface area contributed by atoms with Gasteiger partial charge in [0.1, 0.15) is 6.10 Å². The lowest BCUT2D eigenvalue weighted by Crippen LogP contribution is -2.34. The highest BCUT2D eigenvalue weighted by Crippen LogP contribution is 2.40. The Bertz CT molecular complexity index is 786. The number of carbonyl (C=O) groups is 2. The molecule has 0 aromatic heterocycles. The fourth-order valence-corrected chi connectivity index (χ4v) is 3.47. The van der Waals surface area contributed by atoms with Crippen LogP contribution in [0.3, 0.4) is 0 Å². The Morgan fingerprint density at radius 3 is 2.44 bits per heavy atom. The molecule has 1 aromatic rings. The highest BCUT2D eigenvalue weighted by Gasteiger charge is 2.45. The van der Waals surface area contributed by atoms with Crippen molar-refractivity contribution >= 4 is 28.7 Å². The Labute approximate surface area is 155 Å². The fourth-order valence-electron chi connectivity index (χ4n) is 3.25. The second-order valence-corrected chi connectivity index (χ2v) is 6.83. The van der Waals surface area contributed by atoms with Gasteiger partial charge in [-0.15, -0.1) is 0 Å². The molecule has 0 unspecified atom stereocenters. The van der Waals surface area contributed by atoms with Gasteiger partial charge >= 0.3 is 17.6 Å². The van der Waals surface area contributed by atoms with E-state index in [9.17, 15) is 31.5 Å². The molecule has 2 aliphatic rings. The van der Waals surface area contributed by atoms with Gasteiger partial charge in [0, 0.05) is 18.7 Å². The van der Waals surface area contributed by atoms with Crippen LogP contribution in [0.5, 0.6) is 0 Å². The molecule has 11 heteroatoms. The summed E-state index contributed by atoms with van der Waals surface area (Å²) in [4.78, 5) is 24.8. The standard InChI is InChI=1S/C16H14ClF5N2O3/c1-8-12(27-14(26)24(8)13(17)25)9-4-10(16(20,21)22)6-11(5-9)23-3-2-15(18,19)7-23/h4-6,8,12H,2-3,7H2,1H3/t8-,12-/m0/s1. The number of rotatable bonds is 2. The Kier molecular flexibility index (Phi) is 4.73. The smallest absolute Gasteiger partial charge is 0.418 e. The second-order valence-electron chi connectivity index (χ2n) is 6.51. The molecule has 5 nitrogen and oxygen atoms in total. The van der Waals surface area contributed by atoms with Crippen LogP contribution < -0.4 is 4.90 Å². The van der Waals surface area contributed by atoms with Gasteiger partial charge < -0.3 is 9.64 Å². The molecule has 1 aromatic carbocycles. The van der Waals surface area contributed by atoms with E-state index in [2.05, 4.69) is 0 Å². The van der Waals surface area contributed by atoms with E-state index in [1.807, 2.05) is 0 Å². The Morgan fingerprint density at radius 2 is 1.96 bits per heavy atom. The lowest BCUT2D eigenvalue weighted by molar-refractivity contribution is -0.137. The van der Waals surface area contributed by atoms with E-state index < -0.39 is 54.2 Å². The highest BCUT2D eigenvalue weighted by molar-refractivity contribution is 6.64. The van der Waals surface area contributed by atoms with Gasteiger partial charge in [0.25, 0.3) is 5.92 Å². The molecule has 0 N–H and O–H groups in total. The first kappa shape index (κ1) is 19.7. The first-order valence-corrected chi connectivity index (χ1v) is 8.31. The quantitative estimate of drug-likeness (QED) is 0.398. The zero-order valence-electron chi connectivity index (χ0n) is 13.9. The van der Waals surface area contributed by atoms with E-state index in [4.69, 9.17) is 16.3 Å². The van der Waals surface area contributed by atoms with Gasteiger partial charge in [0.05, 0.1) is 18.2 Å². The lowest BCUT2D eigenvalue weighted by Gasteiger charge is -2.23. The number of anilines is 1. The summed E-state index contributed by atoms with van der Waals surface area (Å²) in [6, 6.07) is 1.84. The predicted octanol–water partition coefficient (Wildman–Crippen LogP) is 4.79. The summed E-state index contributed by atoms with van der Waals surface area (Å²) in [7, 11) is 0. The van der Waals surface area contributed by atoms with Crippen molar-refractivity contribution in [1.29, 1.82) is 0 Å². The third kappa shape index (κ3) is 3.80. The van der Waals surface area contributed by atoms with Gasteiger partial charge in [-0.3, -0.25) is 4.79 Å². The van der Waals surface area contributed by atoms with Gasteiger partial charge in [-0.2, -0.15) is 13.2 Å². The zero-order valence-corrected chi connectivity index (χ0v) is 14.7. The first-order chi connectivity index (χ1) is 12.4. The summed E-state index contributed by atoms with van der Waals surface area (Å²) in [6.45, 7) is 0.569. The molecule has 3 rings (SSSR count). The minimum atomic E-state index is -4.74. The van der Waals surface area contributed by atoms with Gasteiger partial charge in [0.2, 0.25) is 0 Å². The number of hydrogen-bond acceptors (Lipinski definition) is 4. The average Bonchev–Trinajstić information content (AvgIpc) is 3.05. The van der Waals surface area contributed by atoms with E-state index in [1.165, 1.54) is 13.0 Å². The topological polar surface area (TPSA) is 49.9 Å². The van der Waals surface area contributed by atoms with E-state index in [1.54, 1.807) is 0 Å². The van der Waals surface area contributed by atoms with Crippen LogP contribution in [0, 0.1) is 0 Å². The van der Waals surface area contributed by atoms with Crippen molar-refractivity contribution in [1.82, 2.24) is 4.90 Å². The molecular weight excluding hydrogens is 399 g/mol. The molecule has 27 heavy (non-hydrogen) atoms. The molecule has 148 valence electrons. The maximum Gasteiger partial charge on any atom is 0.418 e. The number of nitrogens with zero attached hydrogens (tertiary/aromatic N) is 2. The molecule has 2 aliphatic heterocycles. The maximum atomic E-state index is 13.5. The molecule has 2 atom stereocenters. The summed E-state index contributed by atoms with van der Waals surface area (Å²) in [5.41, 5.74) is -1.18. The Hall–Kier alpha value is -2.10. The SMILES string of the molecule is C[C@H]1[C@@H](c2cc(N3CCC(F)(F)C3)cc(C(F)(F)F)c2)OC(=O)N1C(=O)Cl. The molecule has 2 heterocycles. The zero-order chi connectivity index (χ0) is 20.1. The third-order valence-electron chi connectivity index (χ3n) is 4.59. The van der Waals surface area contributed by atoms with Crippen molar-refractivity contribution in [2.45, 2.75) is 37.6 Å². The van der Waals surface area contributed by atoms with Gasteiger partial charge in [-0.1, -0.05) is 0 Å². The molecule has 2 amide bonds. The van der Waals surface area contributed by atoms with Crippen molar-refractivity contribution < 1.29 is 36.3 Å². The van der Waals surface area contributed by atoms with Crippen LogP contribution in [0.1, 0.15) is 30.6 Å². The van der Waals surface area contributed by atoms with Crippen LogP contribution in [-0.2, 0) is 10.9 Å². The van der Waals surface area contributed by atoms with Crippen molar-refractivity contribution in [2.24, 2.45) is 0 Å². The number of imide groups is 1. The van der Waals surface area contributed by atoms with E-state index in [0.717, 1.165) is 17.0 Å². The van der Waals surface area contributed by atoms with Crippen molar-refractivity contribution in [3.05, 3.63) is 29.3 Å². The number of amides is 2. The summed E-state index contributed by atoms with van der Waals surface area (Å²) in [5, 5.41) is -1.12. The molecule has 0 saturated carbocycles. The van der Waals surface area contributed by atoms with Crippen LogP contribution in [0.4, 0.5) is 37.2 Å². The van der Waals surface area contributed by atoms with Gasteiger partial charge in [0.15, 0.2) is 0 Å². The van der Waals surface area contributed by atoms with Gasteiger partial charge in [-0.25, -0.2) is 18.5 Å². The number of alkyl halides is 5. The number of hydrogen-bond donors (Lipinski definition) is 0.